The predicted molar refractivity (Wildman–Crippen MR) is 97.2 cm³/mol. The summed E-state index contributed by atoms with van der Waals surface area (Å²) in [6.45, 7) is 4.49. The Kier molecular flexibility index (Phi) is 6.87. The Balaban J connectivity index is 1.64. The number of nitrogens with zero attached hydrogens (tertiary/aromatic N) is 2. The summed E-state index contributed by atoms with van der Waals surface area (Å²) < 4.78 is 1.74. The van der Waals surface area contributed by atoms with E-state index in [-0.39, 0.29) is 5.56 Å². The number of nitrogens with one attached hydrogen (secondary N) is 2. The monoisotopic (exact) mass is 332 g/mol. The molecule has 0 atom stereocenters. The lowest BCUT2D eigenvalue weighted by Crippen LogP contribution is -2.37. The third-order valence-electron chi connectivity index (χ3n) is 3.47. The molecule has 0 bridgehead atoms. The smallest absolute Gasteiger partial charge is 0.250 e. The van der Waals surface area contributed by atoms with Crippen LogP contribution in [0.3, 0.4) is 0 Å². The van der Waals surface area contributed by atoms with Crippen LogP contribution in [-0.2, 0) is 13.1 Å². The molecule has 2 heterocycles. The van der Waals surface area contributed by atoms with Crippen LogP contribution in [0.15, 0.2) is 46.3 Å². The van der Waals surface area contributed by atoms with Gasteiger partial charge in [0.25, 0.3) is 0 Å². The zero-order valence-electron chi connectivity index (χ0n) is 13.7. The molecule has 5 nitrogen and oxygen atoms in total. The molecule has 0 saturated carbocycles. The van der Waals surface area contributed by atoms with Crippen LogP contribution in [0.25, 0.3) is 0 Å². The fraction of sp³-hybridized carbons (Fsp3) is 0.412. The van der Waals surface area contributed by atoms with Crippen LogP contribution in [0.1, 0.15) is 22.6 Å². The van der Waals surface area contributed by atoms with E-state index in [9.17, 15) is 4.79 Å². The minimum absolute atomic E-state index is 0.0594. The van der Waals surface area contributed by atoms with Crippen LogP contribution in [0, 0.1) is 6.92 Å². The fourth-order valence-electron chi connectivity index (χ4n) is 2.23. The van der Waals surface area contributed by atoms with Crippen molar-refractivity contribution in [3.63, 3.8) is 0 Å². The first-order valence-electron chi connectivity index (χ1n) is 7.84. The molecule has 0 aliphatic carbocycles. The number of pyridine rings is 1. The molecule has 6 heteroatoms. The van der Waals surface area contributed by atoms with Crippen molar-refractivity contribution in [2.45, 2.75) is 32.9 Å². The van der Waals surface area contributed by atoms with E-state index in [1.165, 1.54) is 9.75 Å². The first-order chi connectivity index (χ1) is 11.2. The molecule has 124 valence electrons. The molecule has 2 aromatic heterocycles. The molecule has 0 spiro atoms. The highest BCUT2D eigenvalue weighted by Gasteiger charge is 2.00. The number of aryl methyl sites for hydroxylation is 2. The molecular weight excluding hydrogens is 308 g/mol. The van der Waals surface area contributed by atoms with Gasteiger partial charge in [0.05, 0.1) is 6.54 Å². The number of hydrogen-bond acceptors (Lipinski definition) is 3. The average Bonchev–Trinajstić information content (AvgIpc) is 2.97. The Morgan fingerprint density at radius 1 is 1.22 bits per heavy atom. The first kappa shape index (κ1) is 17.3. The fourth-order valence-corrected chi connectivity index (χ4v) is 3.06. The lowest BCUT2D eigenvalue weighted by Gasteiger charge is -2.11. The van der Waals surface area contributed by atoms with E-state index in [0.717, 1.165) is 38.4 Å². The molecule has 0 radical (unpaired) electrons. The standard InChI is InChI=1S/C17H24N4OS/c1-14-8-9-15(23-14)13-20-17(18-2)19-10-4-6-12-21-11-5-3-7-16(21)22/h3,5,7-9,11H,4,6,10,12-13H2,1-2H3,(H2,18,19,20). The molecule has 23 heavy (non-hydrogen) atoms. The van der Waals surface area contributed by atoms with E-state index < -0.39 is 0 Å². The van der Waals surface area contributed by atoms with E-state index in [1.807, 2.05) is 12.3 Å². The summed E-state index contributed by atoms with van der Waals surface area (Å²) in [5.41, 5.74) is 0.0594. The summed E-state index contributed by atoms with van der Waals surface area (Å²) in [4.78, 5) is 18.4. The molecule has 0 aliphatic heterocycles. The third kappa shape index (κ3) is 5.90. The molecular formula is C17H24N4OS. The summed E-state index contributed by atoms with van der Waals surface area (Å²) >= 11 is 1.79. The summed E-state index contributed by atoms with van der Waals surface area (Å²) in [6.07, 6.45) is 3.78. The van der Waals surface area contributed by atoms with Crippen LogP contribution in [0.2, 0.25) is 0 Å². The van der Waals surface area contributed by atoms with Gasteiger partial charge in [-0.2, -0.15) is 0 Å². The van der Waals surface area contributed by atoms with Gasteiger partial charge in [0.1, 0.15) is 0 Å². The Labute approximate surface area is 141 Å². The number of unbranched alkanes of at least 4 members (excludes halogenated alkanes) is 1. The molecule has 2 N–H and O–H groups in total. The second-order valence-corrected chi connectivity index (χ2v) is 6.68. The summed E-state index contributed by atoms with van der Waals surface area (Å²) in [6, 6.07) is 9.51. The lowest BCUT2D eigenvalue weighted by atomic mass is 10.3. The maximum Gasteiger partial charge on any atom is 0.250 e. The van der Waals surface area contributed by atoms with Crippen molar-refractivity contribution in [3.8, 4) is 0 Å². The van der Waals surface area contributed by atoms with Crippen LogP contribution in [0.4, 0.5) is 0 Å². The van der Waals surface area contributed by atoms with E-state index in [4.69, 9.17) is 0 Å². The minimum Gasteiger partial charge on any atom is -0.356 e. The van der Waals surface area contributed by atoms with Gasteiger partial charge in [-0.15, -0.1) is 11.3 Å². The highest BCUT2D eigenvalue weighted by Crippen LogP contribution is 2.14. The number of aliphatic imine (C=N–C) groups is 1. The van der Waals surface area contributed by atoms with Crippen LogP contribution < -0.4 is 16.2 Å². The van der Waals surface area contributed by atoms with Crippen molar-refractivity contribution >= 4 is 17.3 Å². The van der Waals surface area contributed by atoms with Crippen LogP contribution in [0.5, 0.6) is 0 Å². The van der Waals surface area contributed by atoms with Gasteiger partial charge in [-0.25, -0.2) is 0 Å². The predicted octanol–water partition coefficient (Wildman–Crippen LogP) is 2.36. The SMILES string of the molecule is CN=C(NCCCCn1ccccc1=O)NCc1ccc(C)s1. The number of thiophene rings is 1. The van der Waals surface area contributed by atoms with Gasteiger partial charge in [0, 0.05) is 42.2 Å². The number of hydrogen-bond donors (Lipinski definition) is 2. The normalized spacial score (nSPS) is 11.5. The highest BCUT2D eigenvalue weighted by molar-refractivity contribution is 7.11. The van der Waals surface area contributed by atoms with Crippen molar-refractivity contribution in [1.82, 2.24) is 15.2 Å². The molecule has 2 aromatic rings. The summed E-state index contributed by atoms with van der Waals surface area (Å²) in [7, 11) is 1.78. The Morgan fingerprint density at radius 2 is 2.09 bits per heavy atom. The van der Waals surface area contributed by atoms with Crippen LogP contribution >= 0.6 is 11.3 Å². The van der Waals surface area contributed by atoms with Crippen molar-refractivity contribution in [3.05, 3.63) is 56.6 Å². The molecule has 2 rings (SSSR count). The van der Waals surface area contributed by atoms with Gasteiger partial charge in [0.2, 0.25) is 5.56 Å². The zero-order valence-corrected chi connectivity index (χ0v) is 14.5. The van der Waals surface area contributed by atoms with E-state index in [2.05, 4.69) is 34.7 Å². The third-order valence-corrected chi connectivity index (χ3v) is 4.47. The van der Waals surface area contributed by atoms with Gasteiger partial charge in [-0.3, -0.25) is 9.79 Å². The minimum atomic E-state index is 0.0594. The molecule has 0 saturated heterocycles. The first-order valence-corrected chi connectivity index (χ1v) is 8.66. The van der Waals surface area contributed by atoms with Crippen molar-refractivity contribution in [2.24, 2.45) is 4.99 Å². The van der Waals surface area contributed by atoms with Gasteiger partial charge in [-0.1, -0.05) is 6.07 Å². The van der Waals surface area contributed by atoms with Gasteiger partial charge >= 0.3 is 0 Å². The Morgan fingerprint density at radius 3 is 2.78 bits per heavy atom. The number of aromatic nitrogens is 1. The number of guanidine groups is 1. The number of rotatable bonds is 7. The quantitative estimate of drug-likeness (QED) is 0.465. The maximum absolute atomic E-state index is 11.6. The topological polar surface area (TPSA) is 58.4 Å². The zero-order chi connectivity index (χ0) is 16.5. The van der Waals surface area contributed by atoms with Gasteiger partial charge in [0.15, 0.2) is 5.96 Å². The lowest BCUT2D eigenvalue weighted by molar-refractivity contribution is 0.585. The Bertz CT molecular complexity index is 690. The van der Waals surface area contributed by atoms with E-state index in [0.29, 0.717) is 0 Å². The summed E-state index contributed by atoms with van der Waals surface area (Å²) in [5.74, 6) is 0.813. The molecule has 0 fully saturated rings. The molecule has 0 amide bonds. The summed E-state index contributed by atoms with van der Waals surface area (Å²) in [5, 5.41) is 6.61. The average molecular weight is 332 g/mol. The Hall–Kier alpha value is -2.08. The van der Waals surface area contributed by atoms with E-state index >= 15 is 0 Å². The second-order valence-electron chi connectivity index (χ2n) is 5.30. The van der Waals surface area contributed by atoms with Gasteiger partial charge < -0.3 is 15.2 Å². The van der Waals surface area contributed by atoms with Gasteiger partial charge in [-0.05, 0) is 38.0 Å². The molecule has 0 aromatic carbocycles. The maximum atomic E-state index is 11.6. The second kappa shape index (κ2) is 9.15. The highest BCUT2D eigenvalue weighted by atomic mass is 32.1. The molecule has 0 unspecified atom stereocenters. The largest absolute Gasteiger partial charge is 0.356 e. The van der Waals surface area contributed by atoms with Crippen molar-refractivity contribution in [1.29, 1.82) is 0 Å². The van der Waals surface area contributed by atoms with Crippen molar-refractivity contribution < 1.29 is 0 Å². The van der Waals surface area contributed by atoms with Crippen LogP contribution in [-0.4, -0.2) is 24.1 Å². The van der Waals surface area contributed by atoms with E-state index in [1.54, 1.807) is 35.1 Å². The molecule has 0 aliphatic rings. The van der Waals surface area contributed by atoms with Crippen molar-refractivity contribution in [2.75, 3.05) is 13.6 Å².